The van der Waals surface area contributed by atoms with E-state index < -0.39 is 0 Å². The van der Waals surface area contributed by atoms with Crippen molar-refractivity contribution < 1.29 is 4.79 Å². The van der Waals surface area contributed by atoms with Crippen LogP contribution < -0.4 is 4.90 Å². The molecule has 0 bridgehead atoms. The number of fused-ring (bicyclic) bond motifs is 1. The third-order valence-corrected chi connectivity index (χ3v) is 4.53. The van der Waals surface area contributed by atoms with Crippen LogP contribution in [0.15, 0.2) is 12.4 Å². The Hall–Kier alpha value is -2.22. The Balaban J connectivity index is 1.64. The second-order valence-electron chi connectivity index (χ2n) is 6.06. The summed E-state index contributed by atoms with van der Waals surface area (Å²) in [5, 5.41) is 4.27. The summed E-state index contributed by atoms with van der Waals surface area (Å²) >= 11 is 0. The number of carbonyl (C=O) groups excluding carboxylic acids is 1. The maximum atomic E-state index is 12.2. The molecular weight excluding hydrogens is 306 g/mol. The predicted molar refractivity (Wildman–Crippen MR) is 92.1 cm³/mol. The Morgan fingerprint density at radius 3 is 2.58 bits per heavy atom. The normalized spacial score (nSPS) is 15.9. The smallest absolute Gasteiger partial charge is 0.254 e. The SMILES string of the molecule is CCN(CC)C(=O)CN1CCN(c2cc(C)nc3ncnn23)CC1. The average Bonchev–Trinajstić information content (AvgIpc) is 3.04. The summed E-state index contributed by atoms with van der Waals surface area (Å²) in [7, 11) is 0. The number of piperazine rings is 1. The topological polar surface area (TPSA) is 69.9 Å². The molecule has 3 rings (SSSR count). The molecule has 0 radical (unpaired) electrons. The molecule has 24 heavy (non-hydrogen) atoms. The van der Waals surface area contributed by atoms with Gasteiger partial charge >= 0.3 is 0 Å². The molecule has 1 saturated heterocycles. The van der Waals surface area contributed by atoms with Gasteiger partial charge in [0.05, 0.1) is 6.54 Å². The van der Waals surface area contributed by atoms with Gasteiger partial charge in [-0.2, -0.15) is 14.6 Å². The summed E-state index contributed by atoms with van der Waals surface area (Å²) in [5.41, 5.74) is 0.935. The van der Waals surface area contributed by atoms with Crippen LogP contribution in [-0.4, -0.2) is 81.1 Å². The Labute approximate surface area is 142 Å². The molecule has 1 fully saturated rings. The molecule has 1 aliphatic heterocycles. The van der Waals surface area contributed by atoms with Crippen molar-refractivity contribution in [2.75, 3.05) is 50.7 Å². The molecule has 0 N–H and O–H groups in total. The first kappa shape index (κ1) is 16.6. The van der Waals surface area contributed by atoms with E-state index in [2.05, 4.69) is 24.9 Å². The number of hydrogen-bond acceptors (Lipinski definition) is 6. The van der Waals surface area contributed by atoms with Crippen molar-refractivity contribution in [3.63, 3.8) is 0 Å². The minimum absolute atomic E-state index is 0.215. The number of likely N-dealkylation sites (N-methyl/N-ethyl adjacent to an activating group) is 1. The van der Waals surface area contributed by atoms with E-state index >= 15 is 0 Å². The third-order valence-electron chi connectivity index (χ3n) is 4.53. The van der Waals surface area contributed by atoms with Gasteiger partial charge < -0.3 is 9.80 Å². The zero-order valence-electron chi connectivity index (χ0n) is 14.6. The van der Waals surface area contributed by atoms with Crippen LogP contribution >= 0.6 is 0 Å². The Kier molecular flexibility index (Phi) is 4.94. The van der Waals surface area contributed by atoms with Gasteiger partial charge in [0, 0.05) is 51.0 Å². The fraction of sp³-hybridized carbons (Fsp3) is 0.625. The van der Waals surface area contributed by atoms with Gasteiger partial charge in [-0.1, -0.05) is 0 Å². The molecule has 0 aromatic carbocycles. The number of carbonyl (C=O) groups is 1. The summed E-state index contributed by atoms with van der Waals surface area (Å²) in [4.78, 5) is 27.2. The molecule has 0 spiro atoms. The number of nitrogens with zero attached hydrogens (tertiary/aromatic N) is 7. The van der Waals surface area contributed by atoms with Crippen LogP contribution in [0.3, 0.4) is 0 Å². The van der Waals surface area contributed by atoms with E-state index in [0.29, 0.717) is 12.3 Å². The van der Waals surface area contributed by atoms with Crippen LogP contribution in [0.4, 0.5) is 5.82 Å². The summed E-state index contributed by atoms with van der Waals surface area (Å²) in [6.45, 7) is 11.5. The van der Waals surface area contributed by atoms with E-state index in [4.69, 9.17) is 0 Å². The maximum Gasteiger partial charge on any atom is 0.254 e. The third kappa shape index (κ3) is 3.33. The number of rotatable bonds is 5. The fourth-order valence-electron chi connectivity index (χ4n) is 3.14. The number of aryl methyl sites for hydroxylation is 1. The monoisotopic (exact) mass is 331 g/mol. The Bertz CT molecular complexity index is 702. The Morgan fingerprint density at radius 2 is 1.92 bits per heavy atom. The largest absolute Gasteiger partial charge is 0.354 e. The zero-order valence-corrected chi connectivity index (χ0v) is 14.6. The average molecular weight is 331 g/mol. The van der Waals surface area contributed by atoms with E-state index in [-0.39, 0.29) is 5.91 Å². The quantitative estimate of drug-likeness (QED) is 0.791. The van der Waals surface area contributed by atoms with Crippen LogP contribution in [0.1, 0.15) is 19.5 Å². The van der Waals surface area contributed by atoms with Gasteiger partial charge in [0.1, 0.15) is 12.1 Å². The minimum atomic E-state index is 0.215. The van der Waals surface area contributed by atoms with Crippen LogP contribution in [0.25, 0.3) is 5.78 Å². The van der Waals surface area contributed by atoms with E-state index in [1.165, 1.54) is 6.33 Å². The highest BCUT2D eigenvalue weighted by atomic mass is 16.2. The molecule has 0 saturated carbocycles. The lowest BCUT2D eigenvalue weighted by Crippen LogP contribution is -2.50. The van der Waals surface area contributed by atoms with Gasteiger partial charge in [0.15, 0.2) is 0 Å². The number of amides is 1. The van der Waals surface area contributed by atoms with Gasteiger partial charge in [0.25, 0.3) is 5.78 Å². The van der Waals surface area contributed by atoms with Crippen molar-refractivity contribution in [1.82, 2.24) is 29.4 Å². The highest BCUT2D eigenvalue weighted by molar-refractivity contribution is 5.78. The zero-order chi connectivity index (χ0) is 17.1. The first-order chi connectivity index (χ1) is 11.6. The first-order valence-corrected chi connectivity index (χ1v) is 8.54. The molecule has 1 aliphatic rings. The van der Waals surface area contributed by atoms with E-state index in [0.717, 1.165) is 50.8 Å². The van der Waals surface area contributed by atoms with Gasteiger partial charge in [-0.05, 0) is 20.8 Å². The molecular formula is C16H25N7O. The van der Waals surface area contributed by atoms with Gasteiger partial charge in [-0.15, -0.1) is 0 Å². The molecule has 8 heteroatoms. The Morgan fingerprint density at radius 1 is 1.21 bits per heavy atom. The molecule has 1 amide bonds. The lowest BCUT2D eigenvalue weighted by atomic mass is 10.3. The molecule has 0 aliphatic carbocycles. The van der Waals surface area contributed by atoms with E-state index in [1.807, 2.05) is 31.7 Å². The lowest BCUT2D eigenvalue weighted by Gasteiger charge is -2.36. The fourth-order valence-corrected chi connectivity index (χ4v) is 3.14. The number of hydrogen-bond donors (Lipinski definition) is 0. The number of anilines is 1. The second-order valence-corrected chi connectivity index (χ2v) is 6.06. The van der Waals surface area contributed by atoms with Crippen molar-refractivity contribution in [2.24, 2.45) is 0 Å². The molecule has 0 atom stereocenters. The predicted octanol–water partition coefficient (Wildman–Crippen LogP) is 0.423. The van der Waals surface area contributed by atoms with Crippen molar-refractivity contribution in [3.05, 3.63) is 18.1 Å². The molecule has 2 aromatic heterocycles. The van der Waals surface area contributed by atoms with Crippen molar-refractivity contribution in [3.8, 4) is 0 Å². The van der Waals surface area contributed by atoms with Gasteiger partial charge in [-0.3, -0.25) is 9.69 Å². The van der Waals surface area contributed by atoms with E-state index in [1.54, 1.807) is 4.52 Å². The van der Waals surface area contributed by atoms with Crippen molar-refractivity contribution in [1.29, 1.82) is 0 Å². The summed E-state index contributed by atoms with van der Waals surface area (Å²) in [6, 6.07) is 2.04. The molecule has 130 valence electrons. The van der Waals surface area contributed by atoms with Crippen molar-refractivity contribution in [2.45, 2.75) is 20.8 Å². The minimum Gasteiger partial charge on any atom is -0.354 e. The lowest BCUT2D eigenvalue weighted by molar-refractivity contribution is -0.132. The molecule has 8 nitrogen and oxygen atoms in total. The van der Waals surface area contributed by atoms with Gasteiger partial charge in [0.2, 0.25) is 5.91 Å². The maximum absolute atomic E-state index is 12.2. The van der Waals surface area contributed by atoms with Crippen molar-refractivity contribution >= 4 is 17.5 Å². The van der Waals surface area contributed by atoms with Crippen LogP contribution in [0, 0.1) is 6.92 Å². The van der Waals surface area contributed by atoms with Gasteiger partial charge in [-0.25, -0.2) is 4.98 Å². The highest BCUT2D eigenvalue weighted by Gasteiger charge is 2.22. The molecule has 0 unspecified atom stereocenters. The molecule has 2 aromatic rings. The number of aromatic nitrogens is 4. The van der Waals surface area contributed by atoms with Crippen LogP contribution in [0.5, 0.6) is 0 Å². The van der Waals surface area contributed by atoms with E-state index in [9.17, 15) is 4.79 Å². The first-order valence-electron chi connectivity index (χ1n) is 8.54. The molecule has 3 heterocycles. The summed E-state index contributed by atoms with van der Waals surface area (Å²) in [5.74, 6) is 1.86. The summed E-state index contributed by atoms with van der Waals surface area (Å²) in [6.07, 6.45) is 1.53. The highest BCUT2D eigenvalue weighted by Crippen LogP contribution is 2.17. The van der Waals surface area contributed by atoms with Crippen LogP contribution in [0.2, 0.25) is 0 Å². The van der Waals surface area contributed by atoms with Crippen LogP contribution in [-0.2, 0) is 4.79 Å². The second kappa shape index (κ2) is 7.12. The summed E-state index contributed by atoms with van der Waals surface area (Å²) < 4.78 is 1.78. The standard InChI is InChI=1S/C16H25N7O/c1-4-21(5-2)15(24)11-20-6-8-22(9-7-20)14-10-13(3)19-16-17-12-18-23(14)16/h10,12H,4-9,11H2,1-3H3.